The summed E-state index contributed by atoms with van der Waals surface area (Å²) in [6, 6.07) is 7.23. The Bertz CT molecular complexity index is 343. The van der Waals surface area contributed by atoms with Crippen LogP contribution in [0.5, 0.6) is 0 Å². The largest absolute Gasteiger partial charge is 0.384 e. The fraction of sp³-hybridized carbons (Fsp3) is 0.600. The van der Waals surface area contributed by atoms with Crippen LogP contribution in [0, 0.1) is 11.7 Å². The lowest BCUT2D eigenvalue weighted by molar-refractivity contribution is 0.149. The van der Waals surface area contributed by atoms with Crippen molar-refractivity contribution in [2.45, 2.75) is 32.7 Å². The topological polar surface area (TPSA) is 21.3 Å². The molecule has 0 saturated carbocycles. The highest BCUT2D eigenvalue weighted by Gasteiger charge is 2.13. The number of hydrogen-bond donors (Lipinski definition) is 1. The maximum absolute atomic E-state index is 13.1. The Morgan fingerprint density at radius 2 is 2.17 bits per heavy atom. The highest BCUT2D eigenvalue weighted by molar-refractivity contribution is 5.17. The maximum atomic E-state index is 13.1. The van der Waals surface area contributed by atoms with E-state index in [0.29, 0.717) is 12.0 Å². The van der Waals surface area contributed by atoms with E-state index in [-0.39, 0.29) is 5.82 Å². The minimum Gasteiger partial charge on any atom is -0.384 e. The van der Waals surface area contributed by atoms with Gasteiger partial charge < -0.3 is 10.1 Å². The molecule has 0 spiro atoms. The third kappa shape index (κ3) is 5.61. The van der Waals surface area contributed by atoms with E-state index in [0.717, 1.165) is 31.6 Å². The van der Waals surface area contributed by atoms with Crippen LogP contribution in [0.1, 0.15) is 25.8 Å². The van der Waals surface area contributed by atoms with Crippen LogP contribution in [-0.4, -0.2) is 26.3 Å². The average molecular weight is 253 g/mol. The summed E-state index contributed by atoms with van der Waals surface area (Å²) in [6.45, 7) is 5.98. The molecule has 0 aromatic heterocycles. The number of nitrogens with one attached hydrogen (secondary N) is 1. The second kappa shape index (κ2) is 8.22. The highest BCUT2D eigenvalue weighted by atomic mass is 19.1. The van der Waals surface area contributed by atoms with E-state index in [1.165, 1.54) is 6.07 Å². The summed E-state index contributed by atoms with van der Waals surface area (Å²) in [5, 5.41) is 3.46. The third-order valence-corrected chi connectivity index (χ3v) is 3.00. The molecule has 2 unspecified atom stereocenters. The molecule has 0 aliphatic carbocycles. The van der Waals surface area contributed by atoms with Crippen molar-refractivity contribution in [2.24, 2.45) is 5.92 Å². The minimum absolute atomic E-state index is 0.160. The van der Waals surface area contributed by atoms with Crippen LogP contribution in [0.4, 0.5) is 4.39 Å². The van der Waals surface area contributed by atoms with E-state index < -0.39 is 0 Å². The summed E-state index contributed by atoms with van der Waals surface area (Å²) < 4.78 is 18.3. The lowest BCUT2D eigenvalue weighted by atomic mass is 9.96. The fourth-order valence-corrected chi connectivity index (χ4v) is 2.31. The molecule has 0 heterocycles. The maximum Gasteiger partial charge on any atom is 0.123 e. The van der Waals surface area contributed by atoms with E-state index in [9.17, 15) is 4.39 Å². The highest BCUT2D eigenvalue weighted by Crippen LogP contribution is 2.13. The van der Waals surface area contributed by atoms with Gasteiger partial charge in [-0.2, -0.15) is 0 Å². The Balaban J connectivity index is 2.56. The quantitative estimate of drug-likeness (QED) is 0.769. The molecule has 1 N–H and O–H groups in total. The Hall–Kier alpha value is -0.930. The van der Waals surface area contributed by atoms with Crippen LogP contribution >= 0.6 is 0 Å². The zero-order chi connectivity index (χ0) is 13.4. The number of benzene rings is 1. The molecule has 0 bridgehead atoms. The Morgan fingerprint density at radius 3 is 2.78 bits per heavy atom. The molecule has 0 amide bonds. The molecule has 2 nitrogen and oxygen atoms in total. The lowest BCUT2D eigenvalue weighted by Gasteiger charge is -2.21. The number of likely N-dealkylation sites (N-methyl/N-ethyl adjacent to an activating group) is 1. The van der Waals surface area contributed by atoms with Crippen molar-refractivity contribution in [3.63, 3.8) is 0 Å². The van der Waals surface area contributed by atoms with Gasteiger partial charge in [0.25, 0.3) is 0 Å². The molecule has 1 aromatic rings. The van der Waals surface area contributed by atoms with Gasteiger partial charge in [0.2, 0.25) is 0 Å². The number of hydrogen-bond acceptors (Lipinski definition) is 2. The molecular formula is C15H24FNO. The van der Waals surface area contributed by atoms with Gasteiger partial charge in [-0.1, -0.05) is 26.0 Å². The molecule has 0 aliphatic heterocycles. The zero-order valence-corrected chi connectivity index (χ0v) is 11.6. The Labute approximate surface area is 110 Å². The lowest BCUT2D eigenvalue weighted by Crippen LogP contribution is -2.33. The van der Waals surface area contributed by atoms with Crippen molar-refractivity contribution in [1.29, 1.82) is 0 Å². The Morgan fingerprint density at radius 1 is 1.39 bits per heavy atom. The van der Waals surface area contributed by atoms with Crippen LogP contribution in [0.15, 0.2) is 24.3 Å². The molecule has 1 rings (SSSR count). The van der Waals surface area contributed by atoms with Gasteiger partial charge in [0.1, 0.15) is 5.82 Å². The van der Waals surface area contributed by atoms with Crippen molar-refractivity contribution in [3.8, 4) is 0 Å². The number of halogens is 1. The molecule has 0 saturated heterocycles. The van der Waals surface area contributed by atoms with Crippen molar-refractivity contribution in [2.75, 3.05) is 20.3 Å². The molecule has 3 heteroatoms. The van der Waals surface area contributed by atoms with E-state index in [1.54, 1.807) is 19.2 Å². The van der Waals surface area contributed by atoms with Crippen molar-refractivity contribution >= 4 is 0 Å². The first-order valence-corrected chi connectivity index (χ1v) is 6.62. The summed E-state index contributed by atoms with van der Waals surface area (Å²) in [6.07, 6.45) is 1.90. The van der Waals surface area contributed by atoms with E-state index >= 15 is 0 Å². The van der Waals surface area contributed by atoms with Gasteiger partial charge in [0.05, 0.1) is 0 Å². The fourth-order valence-electron chi connectivity index (χ4n) is 2.31. The van der Waals surface area contributed by atoms with Crippen LogP contribution in [0.25, 0.3) is 0 Å². The number of ether oxygens (including phenoxy) is 1. The predicted octanol–water partition coefficient (Wildman–Crippen LogP) is 3.02. The molecular weight excluding hydrogens is 229 g/mol. The van der Waals surface area contributed by atoms with Gasteiger partial charge in [-0.05, 0) is 43.0 Å². The summed E-state index contributed by atoms with van der Waals surface area (Å²) >= 11 is 0. The van der Waals surface area contributed by atoms with Crippen LogP contribution in [-0.2, 0) is 11.2 Å². The summed E-state index contributed by atoms with van der Waals surface area (Å²) in [5.74, 6) is 0.347. The standard InChI is InChI=1S/C15H24FNO/c1-4-17-15(8-12(2)11-18-3)10-13-6-5-7-14(16)9-13/h5-7,9,12,15,17H,4,8,10-11H2,1-3H3. The summed E-state index contributed by atoms with van der Waals surface area (Å²) in [5.41, 5.74) is 1.05. The monoisotopic (exact) mass is 253 g/mol. The van der Waals surface area contributed by atoms with Gasteiger partial charge in [-0.15, -0.1) is 0 Å². The van der Waals surface area contributed by atoms with Gasteiger partial charge in [0, 0.05) is 19.8 Å². The Kier molecular flexibility index (Phi) is 6.91. The van der Waals surface area contributed by atoms with E-state index in [4.69, 9.17) is 4.74 Å². The van der Waals surface area contributed by atoms with Gasteiger partial charge in [0.15, 0.2) is 0 Å². The van der Waals surface area contributed by atoms with Gasteiger partial charge in [-0.3, -0.25) is 0 Å². The molecule has 2 atom stereocenters. The second-order valence-corrected chi connectivity index (χ2v) is 4.88. The SMILES string of the molecule is CCNC(Cc1cccc(F)c1)CC(C)COC. The average Bonchev–Trinajstić information content (AvgIpc) is 2.29. The van der Waals surface area contributed by atoms with Gasteiger partial charge in [-0.25, -0.2) is 4.39 Å². The van der Waals surface area contributed by atoms with Crippen LogP contribution in [0.2, 0.25) is 0 Å². The summed E-state index contributed by atoms with van der Waals surface area (Å²) in [7, 11) is 1.73. The zero-order valence-electron chi connectivity index (χ0n) is 11.6. The van der Waals surface area contributed by atoms with Gasteiger partial charge >= 0.3 is 0 Å². The molecule has 102 valence electrons. The number of methoxy groups -OCH3 is 1. The first-order valence-electron chi connectivity index (χ1n) is 6.62. The number of rotatable bonds is 8. The smallest absolute Gasteiger partial charge is 0.123 e. The first kappa shape index (κ1) is 15.1. The van der Waals surface area contributed by atoms with Crippen molar-refractivity contribution < 1.29 is 9.13 Å². The molecule has 0 radical (unpaired) electrons. The normalized spacial score (nSPS) is 14.4. The molecule has 0 aliphatic rings. The van der Waals surface area contributed by atoms with Crippen LogP contribution in [0.3, 0.4) is 0 Å². The predicted molar refractivity (Wildman–Crippen MR) is 73.2 cm³/mol. The summed E-state index contributed by atoms with van der Waals surface area (Å²) in [4.78, 5) is 0. The van der Waals surface area contributed by atoms with E-state index in [1.807, 2.05) is 6.07 Å². The molecule has 1 aromatic carbocycles. The van der Waals surface area contributed by atoms with Crippen molar-refractivity contribution in [1.82, 2.24) is 5.32 Å². The van der Waals surface area contributed by atoms with Crippen molar-refractivity contribution in [3.05, 3.63) is 35.6 Å². The third-order valence-electron chi connectivity index (χ3n) is 3.00. The molecule has 0 fully saturated rings. The minimum atomic E-state index is -0.160. The first-order chi connectivity index (χ1) is 8.65. The second-order valence-electron chi connectivity index (χ2n) is 4.88. The van der Waals surface area contributed by atoms with E-state index in [2.05, 4.69) is 19.2 Å². The molecule has 18 heavy (non-hydrogen) atoms. The van der Waals surface area contributed by atoms with Crippen LogP contribution < -0.4 is 5.32 Å².